The first kappa shape index (κ1) is 11.3. The number of nitrogens with one attached hydrogen (secondary N) is 1. The summed E-state index contributed by atoms with van der Waals surface area (Å²) < 4.78 is 0. The highest BCUT2D eigenvalue weighted by Crippen LogP contribution is 2.19. The molecule has 3 unspecified atom stereocenters. The van der Waals surface area contributed by atoms with Crippen LogP contribution < -0.4 is 11.1 Å². The van der Waals surface area contributed by atoms with Crippen LogP contribution in [0.1, 0.15) is 27.7 Å². The van der Waals surface area contributed by atoms with Crippen molar-refractivity contribution in [1.29, 1.82) is 0 Å². The molecule has 0 radical (unpaired) electrons. The van der Waals surface area contributed by atoms with E-state index in [1.165, 1.54) is 0 Å². The molecule has 1 saturated heterocycles. The number of hydrogen-bond acceptors (Lipinski definition) is 2. The highest BCUT2D eigenvalue weighted by atomic mass is 16.2. The van der Waals surface area contributed by atoms with Gasteiger partial charge in [-0.15, -0.1) is 0 Å². The zero-order valence-electron chi connectivity index (χ0n) is 9.45. The van der Waals surface area contributed by atoms with Crippen molar-refractivity contribution in [1.82, 2.24) is 10.2 Å². The predicted octanol–water partition coefficient (Wildman–Crippen LogP) is 0.772. The Kier molecular flexibility index (Phi) is 3.37. The lowest BCUT2D eigenvalue weighted by atomic mass is 9.92. The van der Waals surface area contributed by atoms with Crippen LogP contribution in [-0.4, -0.2) is 35.6 Å². The number of rotatable bonds is 1. The van der Waals surface area contributed by atoms with Crippen LogP contribution in [0, 0.1) is 5.92 Å². The maximum absolute atomic E-state index is 11.3. The summed E-state index contributed by atoms with van der Waals surface area (Å²) in [5, 5.41) is 3.45. The Morgan fingerprint density at radius 3 is 2.50 bits per heavy atom. The van der Waals surface area contributed by atoms with Gasteiger partial charge in [-0.2, -0.15) is 0 Å². The average Bonchev–Trinajstić information content (AvgIpc) is 2.01. The molecule has 1 heterocycles. The Hall–Kier alpha value is -0.770. The van der Waals surface area contributed by atoms with E-state index in [4.69, 9.17) is 5.73 Å². The molecular formula is C10H21N3O. The topological polar surface area (TPSA) is 58.4 Å². The van der Waals surface area contributed by atoms with Crippen molar-refractivity contribution >= 4 is 6.03 Å². The number of carbonyl (C=O) groups excluding carboxylic acids is 1. The second kappa shape index (κ2) is 4.17. The summed E-state index contributed by atoms with van der Waals surface area (Å²) >= 11 is 0. The van der Waals surface area contributed by atoms with Crippen LogP contribution in [0.3, 0.4) is 0 Å². The van der Waals surface area contributed by atoms with Crippen LogP contribution in [0.25, 0.3) is 0 Å². The quantitative estimate of drug-likeness (QED) is 0.655. The van der Waals surface area contributed by atoms with Gasteiger partial charge in [0.25, 0.3) is 0 Å². The summed E-state index contributed by atoms with van der Waals surface area (Å²) in [7, 11) is 0. The van der Waals surface area contributed by atoms with Crippen LogP contribution in [0.15, 0.2) is 0 Å². The molecule has 4 heteroatoms. The van der Waals surface area contributed by atoms with Crippen LogP contribution in [0.5, 0.6) is 0 Å². The third kappa shape index (κ3) is 2.18. The first-order valence-electron chi connectivity index (χ1n) is 5.25. The lowest BCUT2D eigenvalue weighted by molar-refractivity contribution is 0.0980. The fraction of sp³-hybridized carbons (Fsp3) is 0.900. The van der Waals surface area contributed by atoms with Crippen LogP contribution in [-0.2, 0) is 0 Å². The van der Waals surface area contributed by atoms with E-state index in [1.54, 1.807) is 4.90 Å². The molecule has 0 saturated carbocycles. The van der Waals surface area contributed by atoms with Gasteiger partial charge in [0.15, 0.2) is 0 Å². The number of carbonyl (C=O) groups is 1. The van der Waals surface area contributed by atoms with E-state index in [0.717, 1.165) is 0 Å². The number of amides is 2. The van der Waals surface area contributed by atoms with E-state index in [2.05, 4.69) is 33.0 Å². The number of piperazine rings is 1. The van der Waals surface area contributed by atoms with Crippen molar-refractivity contribution in [2.24, 2.45) is 11.7 Å². The molecule has 4 nitrogen and oxygen atoms in total. The van der Waals surface area contributed by atoms with E-state index < -0.39 is 0 Å². The summed E-state index contributed by atoms with van der Waals surface area (Å²) in [6.07, 6.45) is 0. The fourth-order valence-corrected chi connectivity index (χ4v) is 2.46. The van der Waals surface area contributed by atoms with Crippen molar-refractivity contribution in [3.63, 3.8) is 0 Å². The molecule has 3 atom stereocenters. The average molecular weight is 199 g/mol. The zero-order chi connectivity index (χ0) is 10.9. The summed E-state index contributed by atoms with van der Waals surface area (Å²) in [5.74, 6) is 0.428. The van der Waals surface area contributed by atoms with Crippen LogP contribution in [0.4, 0.5) is 4.79 Å². The van der Waals surface area contributed by atoms with Crippen LogP contribution in [0.2, 0.25) is 0 Å². The molecule has 14 heavy (non-hydrogen) atoms. The normalized spacial score (nSPS) is 33.5. The Bertz CT molecular complexity index is 217. The smallest absolute Gasteiger partial charge is 0.315 e. The monoisotopic (exact) mass is 199 g/mol. The molecular weight excluding hydrogens is 178 g/mol. The Morgan fingerprint density at radius 1 is 1.50 bits per heavy atom. The molecule has 0 aromatic rings. The first-order chi connectivity index (χ1) is 6.43. The predicted molar refractivity (Wildman–Crippen MR) is 57.0 cm³/mol. The molecule has 0 aliphatic carbocycles. The SMILES string of the molecule is CC1CN(C(N)=O)C(C(C)C)C(C)N1. The maximum Gasteiger partial charge on any atom is 0.315 e. The minimum absolute atomic E-state index is 0.212. The molecule has 1 fully saturated rings. The molecule has 0 spiro atoms. The van der Waals surface area contributed by atoms with E-state index in [9.17, 15) is 4.79 Å². The Morgan fingerprint density at radius 2 is 2.07 bits per heavy atom. The highest BCUT2D eigenvalue weighted by molar-refractivity contribution is 5.72. The molecule has 82 valence electrons. The third-order valence-electron chi connectivity index (χ3n) is 2.86. The standard InChI is InChI=1S/C10H21N3O/c1-6(2)9-8(4)12-7(3)5-13(9)10(11)14/h6-9,12H,5H2,1-4H3,(H2,11,14). The largest absolute Gasteiger partial charge is 0.351 e. The third-order valence-corrected chi connectivity index (χ3v) is 2.86. The second-order valence-electron chi connectivity index (χ2n) is 4.58. The lowest BCUT2D eigenvalue weighted by Gasteiger charge is -2.44. The molecule has 1 aliphatic rings. The fourth-order valence-electron chi connectivity index (χ4n) is 2.46. The van der Waals surface area contributed by atoms with Crippen molar-refractivity contribution in [2.75, 3.05) is 6.54 Å². The first-order valence-corrected chi connectivity index (χ1v) is 5.25. The van der Waals surface area contributed by atoms with Crippen molar-refractivity contribution in [3.8, 4) is 0 Å². The molecule has 3 N–H and O–H groups in total. The summed E-state index contributed by atoms with van der Waals surface area (Å²) in [6.45, 7) is 9.13. The van der Waals surface area contributed by atoms with Crippen molar-refractivity contribution in [3.05, 3.63) is 0 Å². The molecule has 0 aromatic carbocycles. The molecule has 0 bridgehead atoms. The van der Waals surface area contributed by atoms with E-state index in [0.29, 0.717) is 24.5 Å². The maximum atomic E-state index is 11.3. The number of nitrogens with zero attached hydrogens (tertiary/aromatic N) is 1. The molecule has 1 rings (SSSR count). The van der Waals surface area contributed by atoms with Gasteiger partial charge in [0.05, 0.1) is 6.04 Å². The molecule has 2 amide bonds. The number of nitrogens with two attached hydrogens (primary N) is 1. The Labute approximate surface area is 85.8 Å². The van der Waals surface area contributed by atoms with Crippen LogP contribution >= 0.6 is 0 Å². The van der Waals surface area contributed by atoms with Crippen molar-refractivity contribution in [2.45, 2.75) is 45.8 Å². The summed E-state index contributed by atoms with van der Waals surface area (Å²) in [5.41, 5.74) is 5.38. The number of primary amides is 1. The number of urea groups is 1. The van der Waals surface area contributed by atoms with E-state index in [1.807, 2.05) is 0 Å². The van der Waals surface area contributed by atoms with Gasteiger partial charge < -0.3 is 16.0 Å². The van der Waals surface area contributed by atoms with Gasteiger partial charge >= 0.3 is 6.03 Å². The highest BCUT2D eigenvalue weighted by Gasteiger charge is 2.35. The Balaban J connectivity index is 2.80. The zero-order valence-corrected chi connectivity index (χ0v) is 9.45. The summed E-state index contributed by atoms with van der Waals surface area (Å²) in [6, 6.07) is 0.548. The van der Waals surface area contributed by atoms with E-state index >= 15 is 0 Å². The van der Waals surface area contributed by atoms with Gasteiger partial charge in [0.1, 0.15) is 0 Å². The van der Waals surface area contributed by atoms with Crippen molar-refractivity contribution < 1.29 is 4.79 Å². The van der Waals surface area contributed by atoms with Gasteiger partial charge in [0.2, 0.25) is 0 Å². The van der Waals surface area contributed by atoms with Gasteiger partial charge in [-0.1, -0.05) is 13.8 Å². The van der Waals surface area contributed by atoms with Gasteiger partial charge in [0, 0.05) is 18.6 Å². The molecule has 1 aliphatic heterocycles. The second-order valence-corrected chi connectivity index (χ2v) is 4.58. The lowest BCUT2D eigenvalue weighted by Crippen LogP contribution is -2.64. The van der Waals surface area contributed by atoms with Gasteiger partial charge in [-0.25, -0.2) is 4.79 Å². The summed E-state index contributed by atoms with van der Waals surface area (Å²) in [4.78, 5) is 13.1. The molecule has 0 aromatic heterocycles. The minimum atomic E-state index is -0.302. The minimum Gasteiger partial charge on any atom is -0.351 e. The van der Waals surface area contributed by atoms with E-state index in [-0.39, 0.29) is 12.1 Å². The van der Waals surface area contributed by atoms with Gasteiger partial charge in [-0.3, -0.25) is 0 Å². The number of hydrogen-bond donors (Lipinski definition) is 2. The van der Waals surface area contributed by atoms with Gasteiger partial charge in [-0.05, 0) is 19.8 Å².